The van der Waals surface area contributed by atoms with Crippen molar-refractivity contribution in [1.29, 1.82) is 0 Å². The van der Waals surface area contributed by atoms with E-state index in [4.69, 9.17) is 0 Å². The number of piperazine rings is 1. The summed E-state index contributed by atoms with van der Waals surface area (Å²) in [5.74, 6) is 0.601. The van der Waals surface area contributed by atoms with Crippen molar-refractivity contribution >= 4 is 11.5 Å². The van der Waals surface area contributed by atoms with Crippen LogP contribution in [0.25, 0.3) is 0 Å². The van der Waals surface area contributed by atoms with E-state index in [1.54, 1.807) is 19.2 Å². The van der Waals surface area contributed by atoms with Crippen molar-refractivity contribution in [3.8, 4) is 0 Å². The Hall–Kier alpha value is -2.98. The zero-order valence-electron chi connectivity index (χ0n) is 16.5. The first-order chi connectivity index (χ1) is 13.8. The number of rotatable bonds is 6. The van der Waals surface area contributed by atoms with Crippen LogP contribution in [0.1, 0.15) is 5.56 Å². The van der Waals surface area contributed by atoms with Gasteiger partial charge in [0.1, 0.15) is 5.82 Å². The SMILES string of the molecule is Cn1c(N2CCN(CC(O)Cc3ccc([N+](=O)[O-])cc3)CC2)cc(=O)n(C)c1=O. The first-order valence-corrected chi connectivity index (χ1v) is 9.42. The predicted molar refractivity (Wildman–Crippen MR) is 108 cm³/mol. The molecule has 0 spiro atoms. The van der Waals surface area contributed by atoms with Gasteiger partial charge in [-0.25, -0.2) is 4.79 Å². The standard InChI is InChI=1S/C19H25N5O5/c1-20-17(12-18(26)21(2)19(20)27)23-9-7-22(8-10-23)13-16(25)11-14-3-5-15(6-4-14)24(28)29/h3-6,12,16,25H,7-11,13H2,1-2H3. The van der Waals surface area contributed by atoms with E-state index in [-0.39, 0.29) is 16.9 Å². The maximum Gasteiger partial charge on any atom is 0.332 e. The molecule has 10 nitrogen and oxygen atoms in total. The number of nitro benzene ring substituents is 1. The van der Waals surface area contributed by atoms with E-state index in [1.165, 1.54) is 29.8 Å². The summed E-state index contributed by atoms with van der Waals surface area (Å²) in [6.45, 7) is 3.16. The lowest BCUT2D eigenvalue weighted by Gasteiger charge is -2.37. The van der Waals surface area contributed by atoms with E-state index in [9.17, 15) is 24.8 Å². The number of hydrogen-bond donors (Lipinski definition) is 1. The Morgan fingerprint density at radius 1 is 1.07 bits per heavy atom. The van der Waals surface area contributed by atoms with Crippen LogP contribution < -0.4 is 16.1 Å². The van der Waals surface area contributed by atoms with Gasteiger partial charge in [0, 0.05) is 65.0 Å². The third-order valence-corrected chi connectivity index (χ3v) is 5.28. The lowest BCUT2D eigenvalue weighted by atomic mass is 10.1. The van der Waals surface area contributed by atoms with E-state index in [1.807, 2.05) is 4.90 Å². The molecule has 3 rings (SSSR count). The van der Waals surface area contributed by atoms with Crippen molar-refractivity contribution in [3.05, 3.63) is 66.8 Å². The first-order valence-electron chi connectivity index (χ1n) is 9.42. The summed E-state index contributed by atoms with van der Waals surface area (Å²) in [5.41, 5.74) is 0.193. The molecule has 1 aromatic carbocycles. The number of benzene rings is 1. The summed E-state index contributed by atoms with van der Waals surface area (Å²) in [4.78, 5) is 38.4. The summed E-state index contributed by atoms with van der Waals surface area (Å²) in [5, 5.41) is 21.1. The third-order valence-electron chi connectivity index (χ3n) is 5.28. The number of hydrogen-bond acceptors (Lipinski definition) is 7. The van der Waals surface area contributed by atoms with Crippen molar-refractivity contribution < 1.29 is 10.0 Å². The van der Waals surface area contributed by atoms with Crippen molar-refractivity contribution in [2.45, 2.75) is 12.5 Å². The Balaban J connectivity index is 1.55. The Kier molecular flexibility index (Phi) is 6.14. The number of anilines is 1. The molecular weight excluding hydrogens is 378 g/mol. The van der Waals surface area contributed by atoms with Gasteiger partial charge >= 0.3 is 5.69 Å². The third kappa shape index (κ3) is 4.72. The Bertz CT molecular complexity index is 990. The molecule has 1 unspecified atom stereocenters. The summed E-state index contributed by atoms with van der Waals surface area (Å²) < 4.78 is 2.55. The van der Waals surface area contributed by atoms with Gasteiger partial charge in [-0.1, -0.05) is 12.1 Å². The second-order valence-electron chi connectivity index (χ2n) is 7.31. The number of nitro groups is 1. The topological polar surface area (TPSA) is 114 Å². The van der Waals surface area contributed by atoms with Crippen molar-refractivity contribution in [1.82, 2.24) is 14.0 Å². The highest BCUT2D eigenvalue weighted by Crippen LogP contribution is 2.15. The van der Waals surface area contributed by atoms with E-state index in [0.29, 0.717) is 45.0 Å². The van der Waals surface area contributed by atoms with Crippen LogP contribution in [0.4, 0.5) is 11.5 Å². The molecule has 0 bridgehead atoms. The normalized spacial score (nSPS) is 16.0. The molecule has 1 atom stereocenters. The second kappa shape index (κ2) is 8.58. The summed E-state index contributed by atoms with van der Waals surface area (Å²) in [6, 6.07) is 7.68. The fraction of sp³-hybridized carbons (Fsp3) is 0.474. The molecule has 1 fully saturated rings. The van der Waals surface area contributed by atoms with Crippen molar-refractivity contribution in [2.24, 2.45) is 14.1 Å². The average molecular weight is 403 g/mol. The Morgan fingerprint density at radius 2 is 1.69 bits per heavy atom. The molecule has 1 N–H and O–H groups in total. The number of nitrogens with zero attached hydrogens (tertiary/aromatic N) is 5. The minimum absolute atomic E-state index is 0.0319. The fourth-order valence-corrected chi connectivity index (χ4v) is 3.57. The van der Waals surface area contributed by atoms with Gasteiger partial charge in [0.25, 0.3) is 11.2 Å². The number of aliphatic hydroxyl groups is 1. The minimum Gasteiger partial charge on any atom is -0.391 e. The minimum atomic E-state index is -0.587. The van der Waals surface area contributed by atoms with Crippen LogP contribution in [0, 0.1) is 10.1 Å². The first kappa shape index (κ1) is 20.7. The van der Waals surface area contributed by atoms with Gasteiger partial charge < -0.3 is 10.0 Å². The highest BCUT2D eigenvalue weighted by Gasteiger charge is 2.22. The molecule has 0 radical (unpaired) electrons. The smallest absolute Gasteiger partial charge is 0.332 e. The number of β-amino-alcohol motifs (C(OH)–C–C–N with tert-alkyl or cyclic N) is 1. The molecule has 10 heteroatoms. The molecular formula is C19H25N5O5. The van der Waals surface area contributed by atoms with E-state index in [2.05, 4.69) is 4.90 Å². The van der Waals surface area contributed by atoms with Crippen LogP contribution in [-0.2, 0) is 20.5 Å². The zero-order chi connectivity index (χ0) is 21.1. The van der Waals surface area contributed by atoms with Gasteiger partial charge in [0.15, 0.2) is 0 Å². The van der Waals surface area contributed by atoms with Gasteiger partial charge in [0.2, 0.25) is 0 Å². The molecule has 29 heavy (non-hydrogen) atoms. The Labute approximate surface area is 167 Å². The van der Waals surface area contributed by atoms with Crippen LogP contribution in [0.15, 0.2) is 39.9 Å². The second-order valence-corrected chi connectivity index (χ2v) is 7.31. The van der Waals surface area contributed by atoms with E-state index < -0.39 is 11.0 Å². The molecule has 2 heterocycles. The van der Waals surface area contributed by atoms with Gasteiger partial charge in [-0.3, -0.25) is 28.9 Å². The molecule has 1 aliphatic rings. The zero-order valence-corrected chi connectivity index (χ0v) is 16.5. The summed E-state index contributed by atoms with van der Waals surface area (Å²) in [6.07, 6.45) is -0.169. The molecule has 0 saturated carbocycles. The summed E-state index contributed by atoms with van der Waals surface area (Å²) >= 11 is 0. The highest BCUT2D eigenvalue weighted by atomic mass is 16.6. The molecule has 0 amide bonds. The highest BCUT2D eigenvalue weighted by molar-refractivity contribution is 5.39. The molecule has 1 aliphatic heterocycles. The van der Waals surface area contributed by atoms with Crippen LogP contribution in [0.5, 0.6) is 0 Å². The van der Waals surface area contributed by atoms with Crippen LogP contribution in [-0.4, -0.2) is 62.9 Å². The molecule has 0 aliphatic carbocycles. The Morgan fingerprint density at radius 3 is 2.28 bits per heavy atom. The van der Waals surface area contributed by atoms with Gasteiger partial charge in [-0.05, 0) is 12.0 Å². The quantitative estimate of drug-likeness (QED) is 0.521. The van der Waals surface area contributed by atoms with Crippen molar-refractivity contribution in [2.75, 3.05) is 37.6 Å². The van der Waals surface area contributed by atoms with Gasteiger partial charge in [-0.2, -0.15) is 0 Å². The maximum atomic E-state index is 12.1. The molecule has 1 aromatic heterocycles. The summed E-state index contributed by atoms with van der Waals surface area (Å²) in [7, 11) is 3.11. The van der Waals surface area contributed by atoms with E-state index >= 15 is 0 Å². The van der Waals surface area contributed by atoms with Gasteiger partial charge in [0.05, 0.1) is 11.0 Å². The van der Waals surface area contributed by atoms with E-state index in [0.717, 1.165) is 10.1 Å². The van der Waals surface area contributed by atoms with Gasteiger partial charge in [-0.15, -0.1) is 0 Å². The maximum absolute atomic E-state index is 12.1. The number of non-ortho nitro benzene ring substituents is 1. The van der Waals surface area contributed by atoms with Crippen molar-refractivity contribution in [3.63, 3.8) is 0 Å². The lowest BCUT2D eigenvalue weighted by molar-refractivity contribution is -0.384. The van der Waals surface area contributed by atoms with Crippen LogP contribution >= 0.6 is 0 Å². The number of aliphatic hydroxyl groups excluding tert-OH is 1. The predicted octanol–water partition coefficient (Wildman–Crippen LogP) is -0.282. The monoisotopic (exact) mass is 403 g/mol. The van der Waals surface area contributed by atoms with Crippen LogP contribution in [0.2, 0.25) is 0 Å². The lowest BCUT2D eigenvalue weighted by Crippen LogP contribution is -2.51. The molecule has 156 valence electrons. The molecule has 1 saturated heterocycles. The average Bonchev–Trinajstić information content (AvgIpc) is 2.70. The van der Waals surface area contributed by atoms with Crippen LogP contribution in [0.3, 0.4) is 0 Å². The number of aromatic nitrogens is 2. The fourth-order valence-electron chi connectivity index (χ4n) is 3.57. The largest absolute Gasteiger partial charge is 0.391 e. The molecule has 2 aromatic rings.